The molecule has 0 aromatic heterocycles. The Labute approximate surface area is 115 Å². The zero-order chi connectivity index (χ0) is 12.8. The molecule has 1 aliphatic heterocycles. The summed E-state index contributed by atoms with van der Waals surface area (Å²) in [4.78, 5) is 1.69. The summed E-state index contributed by atoms with van der Waals surface area (Å²) in [7, 11) is 0. The minimum atomic E-state index is 0.776. The van der Waals surface area contributed by atoms with Crippen LogP contribution in [-0.2, 0) is 0 Å². The molecule has 1 saturated heterocycles. The van der Waals surface area contributed by atoms with Gasteiger partial charge in [0.05, 0.1) is 13.1 Å². The zero-order valence-corrected chi connectivity index (χ0v) is 11.9. The van der Waals surface area contributed by atoms with Gasteiger partial charge in [-0.1, -0.05) is 11.6 Å². The highest BCUT2D eigenvalue weighted by atomic mass is 35.5. The monoisotopic (exact) mass is 268 g/mol. The number of halogens is 1. The van der Waals surface area contributed by atoms with E-state index in [1.165, 1.54) is 38.8 Å². The van der Waals surface area contributed by atoms with Gasteiger partial charge in [-0.15, -0.1) is 0 Å². The minimum Gasteiger partial charge on any atom is -0.487 e. The Morgan fingerprint density at radius 2 is 1.89 bits per heavy atom. The van der Waals surface area contributed by atoms with Gasteiger partial charge < -0.3 is 9.64 Å². The molecule has 1 aromatic carbocycles. The third-order valence-electron chi connectivity index (χ3n) is 3.66. The summed E-state index contributed by atoms with van der Waals surface area (Å²) < 4.78 is 5.86. The van der Waals surface area contributed by atoms with Crippen molar-refractivity contribution in [3.05, 3.63) is 28.8 Å². The molecule has 0 amide bonds. The van der Waals surface area contributed by atoms with Gasteiger partial charge in [0.2, 0.25) is 0 Å². The molecule has 1 aliphatic rings. The molecular weight excluding hydrogens is 246 g/mol. The number of nitrogens with one attached hydrogen (secondary N) is 1. The summed E-state index contributed by atoms with van der Waals surface area (Å²) in [5, 5.41) is 0.776. The maximum Gasteiger partial charge on any atom is 0.137 e. The van der Waals surface area contributed by atoms with Crippen LogP contribution >= 0.6 is 11.6 Å². The predicted octanol–water partition coefficient (Wildman–Crippen LogP) is 2.49. The van der Waals surface area contributed by atoms with E-state index in [2.05, 4.69) is 0 Å². The Morgan fingerprint density at radius 1 is 1.17 bits per heavy atom. The van der Waals surface area contributed by atoms with Gasteiger partial charge in [-0.3, -0.25) is 0 Å². The van der Waals surface area contributed by atoms with Crippen molar-refractivity contribution in [2.75, 3.05) is 26.2 Å². The highest BCUT2D eigenvalue weighted by molar-refractivity contribution is 6.30. The summed E-state index contributed by atoms with van der Waals surface area (Å²) in [5.74, 6) is 0.966. The first kappa shape index (κ1) is 13.7. The van der Waals surface area contributed by atoms with E-state index in [-0.39, 0.29) is 0 Å². The second-order valence-corrected chi connectivity index (χ2v) is 5.61. The smallest absolute Gasteiger partial charge is 0.137 e. The zero-order valence-electron chi connectivity index (χ0n) is 11.2. The molecule has 1 heterocycles. The van der Waals surface area contributed by atoms with Crippen LogP contribution in [-0.4, -0.2) is 26.2 Å². The first-order valence-electron chi connectivity index (χ1n) is 6.98. The third-order valence-corrected chi connectivity index (χ3v) is 3.90. The van der Waals surface area contributed by atoms with Gasteiger partial charge in [0, 0.05) is 5.02 Å². The van der Waals surface area contributed by atoms with E-state index in [4.69, 9.17) is 16.3 Å². The van der Waals surface area contributed by atoms with Crippen LogP contribution in [0.3, 0.4) is 0 Å². The lowest BCUT2D eigenvalue weighted by atomic mass is 10.2. The Balaban J connectivity index is 1.77. The van der Waals surface area contributed by atoms with E-state index in [0.29, 0.717) is 0 Å². The minimum absolute atomic E-state index is 0.776. The van der Waals surface area contributed by atoms with Gasteiger partial charge >= 0.3 is 0 Å². The van der Waals surface area contributed by atoms with E-state index in [0.717, 1.165) is 29.5 Å². The molecule has 0 unspecified atom stereocenters. The highest BCUT2D eigenvalue weighted by Gasteiger charge is 2.12. The number of hydrogen-bond donors (Lipinski definition) is 1. The Kier molecular flexibility index (Phi) is 5.33. The SMILES string of the molecule is Cc1cc(Cl)ccc1OCC[NH+]1CCCCCC1. The number of ether oxygens (including phenoxy) is 1. The molecule has 0 saturated carbocycles. The van der Waals surface area contributed by atoms with Crippen molar-refractivity contribution in [2.24, 2.45) is 0 Å². The fourth-order valence-corrected chi connectivity index (χ4v) is 2.79. The predicted molar refractivity (Wildman–Crippen MR) is 75.7 cm³/mol. The number of likely N-dealkylation sites (tertiary alicyclic amines) is 1. The topological polar surface area (TPSA) is 13.7 Å². The summed E-state index contributed by atoms with van der Waals surface area (Å²) in [6, 6.07) is 5.81. The number of quaternary nitrogens is 1. The average molecular weight is 269 g/mol. The van der Waals surface area contributed by atoms with Crippen molar-refractivity contribution < 1.29 is 9.64 Å². The van der Waals surface area contributed by atoms with Gasteiger partial charge in [-0.05, 0) is 56.4 Å². The van der Waals surface area contributed by atoms with Crippen molar-refractivity contribution in [2.45, 2.75) is 32.6 Å². The number of aryl methyl sites for hydroxylation is 1. The number of benzene rings is 1. The second-order valence-electron chi connectivity index (χ2n) is 5.17. The van der Waals surface area contributed by atoms with Crippen LogP contribution < -0.4 is 9.64 Å². The number of rotatable bonds is 4. The maximum atomic E-state index is 5.93. The van der Waals surface area contributed by atoms with Gasteiger partial charge in [0.1, 0.15) is 18.9 Å². The molecule has 3 heteroatoms. The Hall–Kier alpha value is -0.730. The molecule has 1 fully saturated rings. The number of hydrogen-bond acceptors (Lipinski definition) is 1. The van der Waals surface area contributed by atoms with E-state index < -0.39 is 0 Å². The summed E-state index contributed by atoms with van der Waals surface area (Å²) in [5.41, 5.74) is 1.12. The Bertz CT molecular complexity index is 373. The summed E-state index contributed by atoms with van der Waals surface area (Å²) in [6.45, 7) is 6.58. The fourth-order valence-electron chi connectivity index (χ4n) is 2.56. The molecule has 100 valence electrons. The lowest BCUT2D eigenvalue weighted by molar-refractivity contribution is -0.899. The third kappa shape index (κ3) is 4.18. The lowest BCUT2D eigenvalue weighted by Crippen LogP contribution is -3.12. The van der Waals surface area contributed by atoms with Crippen LogP contribution in [0.1, 0.15) is 31.2 Å². The molecule has 0 bridgehead atoms. The van der Waals surface area contributed by atoms with Crippen molar-refractivity contribution in [3.63, 3.8) is 0 Å². The van der Waals surface area contributed by atoms with Gasteiger partial charge in [0.25, 0.3) is 0 Å². The van der Waals surface area contributed by atoms with E-state index in [9.17, 15) is 0 Å². The molecule has 1 aromatic rings. The fraction of sp³-hybridized carbons (Fsp3) is 0.600. The molecular formula is C15H23ClNO+. The summed E-state index contributed by atoms with van der Waals surface area (Å²) >= 11 is 5.93. The van der Waals surface area contributed by atoms with Crippen LogP contribution in [0.25, 0.3) is 0 Å². The molecule has 18 heavy (non-hydrogen) atoms. The normalized spacial score (nSPS) is 17.4. The van der Waals surface area contributed by atoms with Crippen molar-refractivity contribution in [3.8, 4) is 5.75 Å². The molecule has 2 nitrogen and oxygen atoms in total. The van der Waals surface area contributed by atoms with Crippen molar-refractivity contribution >= 4 is 11.6 Å². The van der Waals surface area contributed by atoms with E-state index in [1.54, 1.807) is 4.90 Å². The first-order valence-corrected chi connectivity index (χ1v) is 7.36. The van der Waals surface area contributed by atoms with Gasteiger partial charge in [-0.2, -0.15) is 0 Å². The van der Waals surface area contributed by atoms with E-state index >= 15 is 0 Å². The van der Waals surface area contributed by atoms with Crippen LogP contribution in [0.15, 0.2) is 18.2 Å². The maximum absolute atomic E-state index is 5.93. The van der Waals surface area contributed by atoms with Crippen molar-refractivity contribution in [1.29, 1.82) is 0 Å². The van der Waals surface area contributed by atoms with E-state index in [1.807, 2.05) is 25.1 Å². The average Bonchev–Trinajstić information content (AvgIpc) is 2.60. The molecule has 0 aliphatic carbocycles. The molecule has 1 N–H and O–H groups in total. The molecule has 0 spiro atoms. The molecule has 0 radical (unpaired) electrons. The largest absolute Gasteiger partial charge is 0.487 e. The molecule has 0 atom stereocenters. The van der Waals surface area contributed by atoms with Crippen molar-refractivity contribution in [1.82, 2.24) is 0 Å². The highest BCUT2D eigenvalue weighted by Crippen LogP contribution is 2.21. The Morgan fingerprint density at radius 3 is 2.56 bits per heavy atom. The van der Waals surface area contributed by atoms with Crippen LogP contribution in [0.2, 0.25) is 5.02 Å². The standard InChI is InChI=1S/C15H22ClNO/c1-13-12-14(16)6-7-15(13)18-11-10-17-8-4-2-3-5-9-17/h6-7,12H,2-5,8-11H2,1H3/p+1. The van der Waals surface area contributed by atoms with Crippen LogP contribution in [0, 0.1) is 6.92 Å². The first-order chi connectivity index (χ1) is 8.75. The summed E-state index contributed by atoms with van der Waals surface area (Å²) in [6.07, 6.45) is 5.55. The van der Waals surface area contributed by atoms with Crippen LogP contribution in [0.5, 0.6) is 5.75 Å². The molecule has 2 rings (SSSR count). The van der Waals surface area contributed by atoms with Crippen LogP contribution in [0.4, 0.5) is 0 Å². The lowest BCUT2D eigenvalue weighted by Gasteiger charge is -2.17. The second kappa shape index (κ2) is 7.01. The van der Waals surface area contributed by atoms with Gasteiger partial charge in [-0.25, -0.2) is 0 Å². The quantitative estimate of drug-likeness (QED) is 0.886. The van der Waals surface area contributed by atoms with Gasteiger partial charge in [0.15, 0.2) is 0 Å².